The van der Waals surface area contributed by atoms with Gasteiger partial charge >= 0.3 is 0 Å². The van der Waals surface area contributed by atoms with E-state index in [1.54, 1.807) is 6.92 Å². The Morgan fingerprint density at radius 3 is 2.58 bits per heavy atom. The summed E-state index contributed by atoms with van der Waals surface area (Å²) in [5.41, 5.74) is 3.20. The number of benzene rings is 1. The molecule has 0 aromatic heterocycles. The summed E-state index contributed by atoms with van der Waals surface area (Å²) in [5.74, 6) is 0.493. The summed E-state index contributed by atoms with van der Waals surface area (Å²) in [6, 6.07) is 6.13. The summed E-state index contributed by atoms with van der Waals surface area (Å²) in [4.78, 5) is 28.0. The van der Waals surface area contributed by atoms with Gasteiger partial charge in [-0.15, -0.1) is 0 Å². The molecular formula is C19H29N3O2. The van der Waals surface area contributed by atoms with Crippen LogP contribution in [0.2, 0.25) is 0 Å². The molecule has 132 valence electrons. The molecule has 24 heavy (non-hydrogen) atoms. The number of anilines is 1. The SMILES string of the molecule is CC(=O)N1CCCN(CC(=O)Nc2c(C)cccc2C(C)C)CC1. The highest BCUT2D eigenvalue weighted by atomic mass is 16.2. The average Bonchev–Trinajstić information content (AvgIpc) is 2.74. The van der Waals surface area contributed by atoms with Crippen LogP contribution in [-0.2, 0) is 9.59 Å². The largest absolute Gasteiger partial charge is 0.342 e. The Balaban J connectivity index is 1.98. The molecule has 0 unspecified atom stereocenters. The molecule has 1 heterocycles. The fourth-order valence-corrected chi connectivity index (χ4v) is 3.17. The summed E-state index contributed by atoms with van der Waals surface area (Å²) in [7, 11) is 0. The number of amides is 2. The van der Waals surface area contributed by atoms with Gasteiger partial charge in [0.15, 0.2) is 0 Å². The number of hydrogen-bond acceptors (Lipinski definition) is 3. The van der Waals surface area contributed by atoms with Crippen molar-refractivity contribution in [3.8, 4) is 0 Å². The Morgan fingerprint density at radius 1 is 1.17 bits per heavy atom. The van der Waals surface area contributed by atoms with E-state index in [0.29, 0.717) is 19.0 Å². The van der Waals surface area contributed by atoms with Crippen LogP contribution in [0.1, 0.15) is 44.2 Å². The third-order valence-corrected chi connectivity index (χ3v) is 4.59. The minimum Gasteiger partial charge on any atom is -0.342 e. The normalized spacial score (nSPS) is 16.1. The van der Waals surface area contributed by atoms with Crippen LogP contribution in [0.4, 0.5) is 5.69 Å². The zero-order chi connectivity index (χ0) is 17.7. The molecule has 5 nitrogen and oxygen atoms in total. The minimum absolute atomic E-state index is 0.0162. The van der Waals surface area contributed by atoms with Gasteiger partial charge in [-0.3, -0.25) is 14.5 Å². The van der Waals surface area contributed by atoms with E-state index in [0.717, 1.165) is 37.3 Å². The van der Waals surface area contributed by atoms with Gasteiger partial charge in [0.05, 0.1) is 6.54 Å². The fraction of sp³-hybridized carbons (Fsp3) is 0.579. The number of nitrogens with one attached hydrogen (secondary N) is 1. The Labute approximate surface area is 145 Å². The van der Waals surface area contributed by atoms with Crippen LogP contribution in [0.3, 0.4) is 0 Å². The second kappa shape index (κ2) is 8.29. The van der Waals surface area contributed by atoms with Gasteiger partial charge in [0.25, 0.3) is 0 Å². The van der Waals surface area contributed by atoms with E-state index < -0.39 is 0 Å². The van der Waals surface area contributed by atoms with Crippen LogP contribution in [0, 0.1) is 6.92 Å². The number of rotatable bonds is 4. The van der Waals surface area contributed by atoms with E-state index in [1.807, 2.05) is 24.0 Å². The molecule has 1 aliphatic rings. The lowest BCUT2D eigenvalue weighted by atomic mass is 9.98. The molecule has 1 saturated heterocycles. The molecule has 1 N–H and O–H groups in total. The first kappa shape index (κ1) is 18.5. The van der Waals surface area contributed by atoms with E-state index in [2.05, 4.69) is 30.1 Å². The van der Waals surface area contributed by atoms with E-state index in [4.69, 9.17) is 0 Å². The van der Waals surface area contributed by atoms with Crippen LogP contribution in [-0.4, -0.2) is 54.3 Å². The van der Waals surface area contributed by atoms with Gasteiger partial charge in [-0.2, -0.15) is 0 Å². The van der Waals surface area contributed by atoms with Crippen molar-refractivity contribution in [1.29, 1.82) is 0 Å². The number of carbonyl (C=O) groups is 2. The summed E-state index contributed by atoms with van der Waals surface area (Å²) in [6.07, 6.45) is 0.911. The zero-order valence-electron chi connectivity index (χ0n) is 15.3. The molecule has 2 rings (SSSR count). The molecule has 1 fully saturated rings. The van der Waals surface area contributed by atoms with Gasteiger partial charge in [0.2, 0.25) is 11.8 Å². The van der Waals surface area contributed by atoms with Crippen LogP contribution in [0.5, 0.6) is 0 Å². The molecule has 0 spiro atoms. The number of carbonyl (C=O) groups excluding carboxylic acids is 2. The molecule has 2 amide bonds. The molecule has 0 bridgehead atoms. The predicted octanol–water partition coefficient (Wildman–Crippen LogP) is 2.61. The van der Waals surface area contributed by atoms with Crippen molar-refractivity contribution in [2.45, 2.75) is 40.0 Å². The number of hydrogen-bond donors (Lipinski definition) is 1. The van der Waals surface area contributed by atoms with Crippen molar-refractivity contribution in [1.82, 2.24) is 9.80 Å². The third kappa shape index (κ3) is 4.81. The smallest absolute Gasteiger partial charge is 0.238 e. The van der Waals surface area contributed by atoms with E-state index in [1.165, 1.54) is 5.56 Å². The number of aryl methyl sites for hydroxylation is 1. The molecule has 0 radical (unpaired) electrons. The Bertz CT molecular complexity index is 598. The molecule has 0 saturated carbocycles. The quantitative estimate of drug-likeness (QED) is 0.923. The Hall–Kier alpha value is -1.88. The Kier molecular flexibility index (Phi) is 6.37. The maximum atomic E-state index is 12.5. The molecule has 1 aromatic rings. The predicted molar refractivity (Wildman–Crippen MR) is 97.2 cm³/mol. The lowest BCUT2D eigenvalue weighted by Gasteiger charge is -2.22. The molecule has 0 atom stereocenters. The van der Waals surface area contributed by atoms with Crippen LogP contribution < -0.4 is 5.32 Å². The van der Waals surface area contributed by atoms with E-state index in [-0.39, 0.29) is 11.8 Å². The van der Waals surface area contributed by atoms with Crippen molar-refractivity contribution in [2.75, 3.05) is 38.0 Å². The first-order valence-electron chi connectivity index (χ1n) is 8.75. The molecule has 1 aliphatic heterocycles. The maximum absolute atomic E-state index is 12.5. The molecule has 5 heteroatoms. The maximum Gasteiger partial charge on any atom is 0.238 e. The monoisotopic (exact) mass is 331 g/mol. The average molecular weight is 331 g/mol. The van der Waals surface area contributed by atoms with Gasteiger partial charge < -0.3 is 10.2 Å². The standard InChI is InChI=1S/C19H29N3O2/c1-14(2)17-8-5-7-15(3)19(17)20-18(24)13-21-9-6-10-22(12-11-21)16(4)23/h5,7-8,14H,6,9-13H2,1-4H3,(H,20,24). The summed E-state index contributed by atoms with van der Waals surface area (Å²) >= 11 is 0. The van der Waals surface area contributed by atoms with Crippen molar-refractivity contribution in [3.63, 3.8) is 0 Å². The first-order valence-corrected chi connectivity index (χ1v) is 8.75. The zero-order valence-corrected chi connectivity index (χ0v) is 15.3. The number of nitrogens with zero attached hydrogens (tertiary/aromatic N) is 2. The van der Waals surface area contributed by atoms with Crippen molar-refractivity contribution < 1.29 is 9.59 Å². The Morgan fingerprint density at radius 2 is 1.92 bits per heavy atom. The van der Waals surface area contributed by atoms with Gasteiger partial charge in [-0.1, -0.05) is 32.0 Å². The highest BCUT2D eigenvalue weighted by Crippen LogP contribution is 2.27. The van der Waals surface area contributed by atoms with Crippen LogP contribution in [0.25, 0.3) is 0 Å². The van der Waals surface area contributed by atoms with E-state index >= 15 is 0 Å². The van der Waals surface area contributed by atoms with Crippen molar-refractivity contribution in [3.05, 3.63) is 29.3 Å². The van der Waals surface area contributed by atoms with Gasteiger partial charge in [0, 0.05) is 38.8 Å². The van der Waals surface area contributed by atoms with Crippen LogP contribution in [0.15, 0.2) is 18.2 Å². The summed E-state index contributed by atoms with van der Waals surface area (Å²) in [6.45, 7) is 11.3. The van der Waals surface area contributed by atoms with Crippen molar-refractivity contribution >= 4 is 17.5 Å². The van der Waals surface area contributed by atoms with Crippen LogP contribution >= 0.6 is 0 Å². The minimum atomic E-state index is 0.0162. The summed E-state index contributed by atoms with van der Waals surface area (Å²) < 4.78 is 0. The molecular weight excluding hydrogens is 302 g/mol. The number of para-hydroxylation sites is 1. The highest BCUT2D eigenvalue weighted by molar-refractivity contribution is 5.94. The second-order valence-corrected chi connectivity index (χ2v) is 6.88. The topological polar surface area (TPSA) is 52.7 Å². The van der Waals surface area contributed by atoms with E-state index in [9.17, 15) is 9.59 Å². The molecule has 1 aromatic carbocycles. The highest BCUT2D eigenvalue weighted by Gasteiger charge is 2.19. The summed E-state index contributed by atoms with van der Waals surface area (Å²) in [5, 5.41) is 3.10. The third-order valence-electron chi connectivity index (χ3n) is 4.59. The van der Waals surface area contributed by atoms with Gasteiger partial charge in [0.1, 0.15) is 0 Å². The van der Waals surface area contributed by atoms with Crippen molar-refractivity contribution in [2.24, 2.45) is 0 Å². The second-order valence-electron chi connectivity index (χ2n) is 6.88. The lowest BCUT2D eigenvalue weighted by Crippen LogP contribution is -2.37. The van der Waals surface area contributed by atoms with Gasteiger partial charge in [-0.05, 0) is 30.4 Å². The fourth-order valence-electron chi connectivity index (χ4n) is 3.17. The molecule has 0 aliphatic carbocycles. The van der Waals surface area contributed by atoms with Gasteiger partial charge in [-0.25, -0.2) is 0 Å². The lowest BCUT2D eigenvalue weighted by molar-refractivity contribution is -0.128. The first-order chi connectivity index (χ1) is 11.4.